The molecule has 32 heavy (non-hydrogen) atoms. The predicted molar refractivity (Wildman–Crippen MR) is 128 cm³/mol. The van der Waals surface area contributed by atoms with Gasteiger partial charge in [-0.25, -0.2) is 9.97 Å². The Kier molecular flexibility index (Phi) is 4.90. The number of benzene rings is 2. The molecule has 0 saturated carbocycles. The van der Waals surface area contributed by atoms with Crippen LogP contribution in [0.1, 0.15) is 31.9 Å². The van der Waals surface area contributed by atoms with E-state index in [2.05, 4.69) is 53.8 Å². The lowest BCUT2D eigenvalue weighted by Gasteiger charge is -2.37. The first-order chi connectivity index (χ1) is 15.3. The molecule has 164 valence electrons. The maximum Gasteiger partial charge on any atom is 0.154 e. The van der Waals surface area contributed by atoms with Gasteiger partial charge in [-0.1, -0.05) is 39.0 Å². The van der Waals surface area contributed by atoms with Crippen LogP contribution in [-0.2, 0) is 5.41 Å². The highest BCUT2D eigenvalue weighted by molar-refractivity contribution is 5.85. The van der Waals surface area contributed by atoms with Crippen LogP contribution in [0, 0.1) is 6.92 Å². The number of aryl methyl sites for hydroxylation is 1. The molecule has 3 heterocycles. The second-order valence-electron chi connectivity index (χ2n) is 9.43. The molecule has 5 rings (SSSR count). The van der Waals surface area contributed by atoms with Crippen LogP contribution in [0.3, 0.4) is 0 Å². The van der Waals surface area contributed by atoms with Crippen molar-refractivity contribution in [1.29, 1.82) is 0 Å². The molecule has 6 nitrogen and oxygen atoms in total. The first-order valence-electron chi connectivity index (χ1n) is 10.9. The largest absolute Gasteiger partial charge is 0.488 e. The lowest BCUT2D eigenvalue weighted by Crippen LogP contribution is -2.43. The Morgan fingerprint density at radius 2 is 2.00 bits per heavy atom. The zero-order valence-corrected chi connectivity index (χ0v) is 18.9. The summed E-state index contributed by atoms with van der Waals surface area (Å²) in [5.41, 5.74) is 6.11. The van der Waals surface area contributed by atoms with Gasteiger partial charge in [0.25, 0.3) is 0 Å². The first kappa shape index (κ1) is 20.5. The van der Waals surface area contributed by atoms with Gasteiger partial charge >= 0.3 is 0 Å². The van der Waals surface area contributed by atoms with Gasteiger partial charge in [0.05, 0.1) is 34.9 Å². The molecule has 0 radical (unpaired) electrons. The van der Waals surface area contributed by atoms with Gasteiger partial charge in [0.2, 0.25) is 0 Å². The van der Waals surface area contributed by atoms with E-state index in [0.717, 1.165) is 45.2 Å². The number of hydrogen-bond acceptors (Lipinski definition) is 5. The first-order valence-corrected chi connectivity index (χ1v) is 10.9. The highest BCUT2D eigenvalue weighted by Gasteiger charge is 2.31. The minimum absolute atomic E-state index is 0.0283. The quantitative estimate of drug-likeness (QED) is 0.474. The van der Waals surface area contributed by atoms with Crippen LogP contribution in [0.4, 0.5) is 11.5 Å². The molecule has 1 aliphatic heterocycles. The Morgan fingerprint density at radius 1 is 1.16 bits per heavy atom. The molecule has 6 heteroatoms. The van der Waals surface area contributed by atoms with E-state index in [1.165, 1.54) is 5.56 Å². The van der Waals surface area contributed by atoms with Crippen molar-refractivity contribution in [2.45, 2.75) is 39.2 Å². The van der Waals surface area contributed by atoms with Crippen LogP contribution in [0.15, 0.2) is 54.7 Å². The molecule has 1 aliphatic rings. The number of ether oxygens (including phenoxy) is 1. The minimum Gasteiger partial charge on any atom is -0.488 e. The Morgan fingerprint density at radius 3 is 2.72 bits per heavy atom. The van der Waals surface area contributed by atoms with Crippen LogP contribution in [0.5, 0.6) is 5.75 Å². The van der Waals surface area contributed by atoms with Gasteiger partial charge in [-0.3, -0.25) is 0 Å². The molecule has 4 aromatic rings. The number of aliphatic hydroxyl groups excluding tert-OH is 1. The number of imidazole rings is 1. The van der Waals surface area contributed by atoms with Crippen molar-refractivity contribution >= 4 is 22.5 Å². The average molecular weight is 429 g/mol. The molecule has 2 aromatic heterocycles. The molecule has 0 bridgehead atoms. The standard InChI is InChI=1S/C26H28N4O2/c1-16-8-11-23(27-13-16)30-18(14-31)15-32-24-19(6-5-7-22(24)30)25-28-20-10-9-17(26(2,3)4)12-21(20)29-25/h5-13,18,31H,14-15H2,1-4H3,(H,28,29). The number of nitrogens with one attached hydrogen (secondary N) is 1. The van der Waals surface area contributed by atoms with E-state index in [1.54, 1.807) is 0 Å². The molecule has 1 atom stereocenters. The van der Waals surface area contributed by atoms with Gasteiger partial charge in [0.1, 0.15) is 18.2 Å². The number of aliphatic hydroxyl groups is 1. The van der Waals surface area contributed by atoms with E-state index in [0.29, 0.717) is 6.61 Å². The third kappa shape index (κ3) is 3.50. The zero-order valence-electron chi connectivity index (χ0n) is 18.9. The summed E-state index contributed by atoms with van der Waals surface area (Å²) in [6.45, 7) is 8.97. The number of rotatable bonds is 3. The SMILES string of the molecule is Cc1ccc(N2c3cccc(-c4nc5ccc(C(C)(C)C)cc5[nH]4)c3OCC2CO)nc1. The monoisotopic (exact) mass is 428 g/mol. The fourth-order valence-corrected chi connectivity index (χ4v) is 4.15. The van der Waals surface area contributed by atoms with Crippen molar-refractivity contribution in [1.82, 2.24) is 15.0 Å². The number of pyridine rings is 1. The number of fused-ring (bicyclic) bond motifs is 2. The highest BCUT2D eigenvalue weighted by atomic mass is 16.5. The molecule has 2 aromatic carbocycles. The summed E-state index contributed by atoms with van der Waals surface area (Å²) in [6, 6.07) is 16.2. The summed E-state index contributed by atoms with van der Waals surface area (Å²) in [7, 11) is 0. The number of anilines is 2. The maximum atomic E-state index is 10.0. The number of nitrogens with zero attached hydrogens (tertiary/aromatic N) is 3. The van der Waals surface area contributed by atoms with Crippen molar-refractivity contribution < 1.29 is 9.84 Å². The van der Waals surface area contributed by atoms with Crippen molar-refractivity contribution in [3.05, 3.63) is 65.9 Å². The molecular weight excluding hydrogens is 400 g/mol. The smallest absolute Gasteiger partial charge is 0.154 e. The molecule has 1 unspecified atom stereocenters. The van der Waals surface area contributed by atoms with E-state index in [1.807, 2.05) is 43.5 Å². The summed E-state index contributed by atoms with van der Waals surface area (Å²) in [4.78, 5) is 15.0. The normalized spacial score (nSPS) is 16.2. The summed E-state index contributed by atoms with van der Waals surface area (Å²) in [5, 5.41) is 10.0. The summed E-state index contributed by atoms with van der Waals surface area (Å²) < 4.78 is 6.17. The van der Waals surface area contributed by atoms with Crippen molar-refractivity contribution in [3.63, 3.8) is 0 Å². The molecule has 2 N–H and O–H groups in total. The van der Waals surface area contributed by atoms with Gasteiger partial charge < -0.3 is 19.7 Å². The summed E-state index contributed by atoms with van der Waals surface area (Å²) >= 11 is 0. The fraction of sp³-hybridized carbons (Fsp3) is 0.308. The van der Waals surface area contributed by atoms with Crippen LogP contribution in [-0.4, -0.2) is 39.3 Å². The summed E-state index contributed by atoms with van der Waals surface area (Å²) in [6.07, 6.45) is 1.84. The van der Waals surface area contributed by atoms with E-state index < -0.39 is 0 Å². The maximum absolute atomic E-state index is 10.0. The van der Waals surface area contributed by atoms with Gasteiger partial charge in [-0.15, -0.1) is 0 Å². The van der Waals surface area contributed by atoms with E-state index in [-0.39, 0.29) is 18.1 Å². The fourth-order valence-electron chi connectivity index (χ4n) is 4.15. The van der Waals surface area contributed by atoms with Crippen LogP contribution >= 0.6 is 0 Å². The van der Waals surface area contributed by atoms with Gasteiger partial charge in [-0.05, 0) is 53.8 Å². The lowest BCUT2D eigenvalue weighted by atomic mass is 9.87. The summed E-state index contributed by atoms with van der Waals surface area (Å²) in [5.74, 6) is 2.30. The molecule has 0 amide bonds. The Balaban J connectivity index is 1.62. The van der Waals surface area contributed by atoms with Crippen LogP contribution in [0.2, 0.25) is 0 Å². The number of hydrogen-bond donors (Lipinski definition) is 2. The molecule has 0 saturated heterocycles. The highest BCUT2D eigenvalue weighted by Crippen LogP contribution is 2.44. The van der Waals surface area contributed by atoms with E-state index in [9.17, 15) is 5.11 Å². The zero-order chi connectivity index (χ0) is 22.5. The number of aromatic nitrogens is 3. The number of aromatic amines is 1. The van der Waals surface area contributed by atoms with Crippen molar-refractivity contribution in [2.24, 2.45) is 0 Å². The van der Waals surface area contributed by atoms with E-state index >= 15 is 0 Å². The third-order valence-corrected chi connectivity index (χ3v) is 6.00. The van der Waals surface area contributed by atoms with Crippen LogP contribution < -0.4 is 9.64 Å². The number of H-pyrrole nitrogens is 1. The second kappa shape index (κ2) is 7.64. The minimum atomic E-state index is -0.210. The van der Waals surface area contributed by atoms with Gasteiger partial charge in [-0.2, -0.15) is 0 Å². The molecule has 0 fully saturated rings. The molecule has 0 aliphatic carbocycles. The predicted octanol–water partition coefficient (Wildman–Crippen LogP) is 5.12. The van der Waals surface area contributed by atoms with Crippen molar-refractivity contribution in [2.75, 3.05) is 18.1 Å². The van der Waals surface area contributed by atoms with Crippen LogP contribution in [0.25, 0.3) is 22.4 Å². The van der Waals surface area contributed by atoms with Gasteiger partial charge in [0, 0.05) is 6.20 Å². The Bertz CT molecular complexity index is 1270. The third-order valence-electron chi connectivity index (χ3n) is 6.00. The lowest BCUT2D eigenvalue weighted by molar-refractivity contribution is 0.195. The second-order valence-corrected chi connectivity index (χ2v) is 9.43. The topological polar surface area (TPSA) is 74.3 Å². The van der Waals surface area contributed by atoms with E-state index in [4.69, 9.17) is 9.72 Å². The Hall–Kier alpha value is -3.38. The number of para-hydroxylation sites is 1. The Labute approximate surface area is 187 Å². The average Bonchev–Trinajstić information content (AvgIpc) is 3.21. The molecular formula is C26H28N4O2. The van der Waals surface area contributed by atoms with Crippen molar-refractivity contribution in [3.8, 4) is 17.1 Å². The van der Waals surface area contributed by atoms with Gasteiger partial charge in [0.15, 0.2) is 5.75 Å². The molecule has 0 spiro atoms.